The second-order valence-corrected chi connectivity index (χ2v) is 10.0. The molecule has 1 amide bonds. The predicted octanol–water partition coefficient (Wildman–Crippen LogP) is 3.39. The standard InChI is InChI=1S/C15H16Cl2N2O3S2/c1-2-3-14(20)18-15-19(11-6-9(16)4-5-10(11)17)12-7-24(21,22)8-13(12)23-15/h4-6,12-13H,2-3,7-8H2,1H3/t12-,13+/m0/s1. The number of sulfone groups is 1. The fourth-order valence-electron chi connectivity index (χ4n) is 2.89. The van der Waals surface area contributed by atoms with Crippen LogP contribution in [0.2, 0.25) is 10.0 Å². The molecule has 0 aliphatic carbocycles. The summed E-state index contributed by atoms with van der Waals surface area (Å²) in [6.45, 7) is 1.91. The van der Waals surface area contributed by atoms with E-state index in [1.807, 2.05) is 6.92 Å². The molecule has 2 atom stereocenters. The second-order valence-electron chi connectivity index (χ2n) is 5.80. The zero-order valence-electron chi connectivity index (χ0n) is 12.9. The first-order valence-electron chi connectivity index (χ1n) is 7.53. The third-order valence-electron chi connectivity index (χ3n) is 3.92. The molecule has 5 nitrogen and oxygen atoms in total. The van der Waals surface area contributed by atoms with E-state index < -0.39 is 9.84 Å². The van der Waals surface area contributed by atoms with Gasteiger partial charge in [-0.3, -0.25) is 4.79 Å². The number of carbonyl (C=O) groups excluding carboxylic acids is 1. The molecule has 130 valence electrons. The van der Waals surface area contributed by atoms with Crippen molar-refractivity contribution in [2.24, 2.45) is 4.99 Å². The molecule has 2 fully saturated rings. The van der Waals surface area contributed by atoms with Crippen molar-refractivity contribution in [3.05, 3.63) is 28.2 Å². The number of fused-ring (bicyclic) bond motifs is 1. The van der Waals surface area contributed by atoms with E-state index in [0.717, 1.165) is 0 Å². The Morgan fingerprint density at radius 3 is 2.83 bits per heavy atom. The minimum Gasteiger partial charge on any atom is -0.314 e. The highest BCUT2D eigenvalue weighted by atomic mass is 35.5. The lowest BCUT2D eigenvalue weighted by atomic mass is 10.2. The van der Waals surface area contributed by atoms with Crippen molar-refractivity contribution in [2.45, 2.75) is 31.1 Å². The number of thioether (sulfide) groups is 1. The van der Waals surface area contributed by atoms with E-state index >= 15 is 0 Å². The summed E-state index contributed by atoms with van der Waals surface area (Å²) in [6.07, 6.45) is 1.06. The molecule has 1 aromatic carbocycles. The van der Waals surface area contributed by atoms with Gasteiger partial charge in [-0.25, -0.2) is 8.42 Å². The van der Waals surface area contributed by atoms with Gasteiger partial charge in [-0.15, -0.1) is 0 Å². The smallest absolute Gasteiger partial charge is 0.248 e. The van der Waals surface area contributed by atoms with Gasteiger partial charge >= 0.3 is 0 Å². The fraction of sp³-hybridized carbons (Fsp3) is 0.467. The monoisotopic (exact) mass is 406 g/mol. The Balaban J connectivity index is 2.04. The number of hydrogen-bond acceptors (Lipinski definition) is 4. The lowest BCUT2D eigenvalue weighted by Gasteiger charge is -2.25. The van der Waals surface area contributed by atoms with E-state index in [4.69, 9.17) is 23.2 Å². The Hall–Kier alpha value is -0.760. The molecule has 0 N–H and O–H groups in total. The molecule has 1 aromatic rings. The zero-order chi connectivity index (χ0) is 17.5. The fourth-order valence-corrected chi connectivity index (χ4v) is 7.19. The van der Waals surface area contributed by atoms with Crippen molar-refractivity contribution >= 4 is 61.6 Å². The number of rotatable bonds is 3. The molecule has 0 aromatic heterocycles. The van der Waals surface area contributed by atoms with Crippen molar-refractivity contribution in [2.75, 3.05) is 16.4 Å². The van der Waals surface area contributed by atoms with Gasteiger partial charge in [0.05, 0.1) is 28.3 Å². The Morgan fingerprint density at radius 1 is 1.38 bits per heavy atom. The maximum atomic E-state index is 12.0. The highest BCUT2D eigenvalue weighted by Crippen LogP contribution is 2.43. The summed E-state index contributed by atoms with van der Waals surface area (Å²) in [7, 11) is -3.11. The van der Waals surface area contributed by atoms with Gasteiger partial charge in [-0.2, -0.15) is 4.99 Å². The molecule has 3 rings (SSSR count). The van der Waals surface area contributed by atoms with Crippen LogP contribution in [0, 0.1) is 0 Å². The van der Waals surface area contributed by atoms with E-state index in [1.165, 1.54) is 11.8 Å². The Kier molecular flexibility index (Phi) is 5.16. The molecule has 0 saturated carbocycles. The number of halogens is 2. The van der Waals surface area contributed by atoms with Crippen molar-refractivity contribution in [3.63, 3.8) is 0 Å². The molecule has 0 bridgehead atoms. The number of anilines is 1. The number of aliphatic imine (C=N–C) groups is 1. The quantitative estimate of drug-likeness (QED) is 0.769. The maximum absolute atomic E-state index is 12.0. The second kappa shape index (κ2) is 6.86. The third-order valence-corrected chi connectivity index (χ3v) is 7.68. The molecule has 0 spiro atoms. The molecule has 0 unspecified atom stereocenters. The van der Waals surface area contributed by atoms with Crippen LogP contribution in [-0.2, 0) is 14.6 Å². The molecule has 2 aliphatic heterocycles. The van der Waals surface area contributed by atoms with E-state index in [1.54, 1.807) is 23.1 Å². The molecular weight excluding hydrogens is 391 g/mol. The van der Waals surface area contributed by atoms with E-state index in [-0.39, 0.29) is 28.7 Å². The molecule has 2 aliphatic rings. The van der Waals surface area contributed by atoms with Gasteiger partial charge in [0, 0.05) is 16.7 Å². The van der Waals surface area contributed by atoms with Gasteiger partial charge in [-0.1, -0.05) is 41.9 Å². The number of nitrogens with zero attached hydrogens (tertiary/aromatic N) is 2. The predicted molar refractivity (Wildman–Crippen MR) is 100 cm³/mol. The molecule has 9 heteroatoms. The summed E-state index contributed by atoms with van der Waals surface area (Å²) in [4.78, 5) is 17.9. The average Bonchev–Trinajstić information content (AvgIpc) is 2.93. The zero-order valence-corrected chi connectivity index (χ0v) is 16.1. The van der Waals surface area contributed by atoms with Crippen LogP contribution in [0.15, 0.2) is 23.2 Å². The first-order valence-corrected chi connectivity index (χ1v) is 11.0. The van der Waals surface area contributed by atoms with Gasteiger partial charge in [0.15, 0.2) is 15.0 Å². The number of benzene rings is 1. The normalized spacial score (nSPS) is 26.8. The molecular formula is C15H16Cl2N2O3S2. The van der Waals surface area contributed by atoms with Crippen LogP contribution in [-0.4, -0.2) is 42.3 Å². The topological polar surface area (TPSA) is 66.8 Å². The summed E-state index contributed by atoms with van der Waals surface area (Å²) in [5, 5.41) is 1.28. The summed E-state index contributed by atoms with van der Waals surface area (Å²) >= 11 is 13.7. The highest BCUT2D eigenvalue weighted by Gasteiger charge is 2.49. The van der Waals surface area contributed by atoms with E-state index in [2.05, 4.69) is 4.99 Å². The average molecular weight is 407 g/mol. The number of carbonyl (C=O) groups is 1. The maximum Gasteiger partial charge on any atom is 0.248 e. The molecule has 24 heavy (non-hydrogen) atoms. The lowest BCUT2D eigenvalue weighted by molar-refractivity contribution is -0.117. The van der Waals surface area contributed by atoms with Crippen LogP contribution in [0.3, 0.4) is 0 Å². The molecule has 2 heterocycles. The number of amidine groups is 1. The lowest BCUT2D eigenvalue weighted by Crippen LogP contribution is -2.38. The van der Waals surface area contributed by atoms with E-state index in [9.17, 15) is 13.2 Å². The molecule has 0 radical (unpaired) electrons. The SMILES string of the molecule is CCCC(=O)N=C1S[C@@H]2CS(=O)(=O)C[C@@H]2N1c1cc(Cl)ccc1Cl. The summed E-state index contributed by atoms with van der Waals surface area (Å²) < 4.78 is 24.0. The van der Waals surface area contributed by atoms with Gasteiger partial charge < -0.3 is 4.90 Å². The first-order chi connectivity index (χ1) is 11.3. The minimum atomic E-state index is -3.11. The summed E-state index contributed by atoms with van der Waals surface area (Å²) in [5.41, 5.74) is 0.587. The molecule has 2 saturated heterocycles. The third kappa shape index (κ3) is 3.59. The Morgan fingerprint density at radius 2 is 2.12 bits per heavy atom. The van der Waals surface area contributed by atoms with Crippen LogP contribution in [0.4, 0.5) is 5.69 Å². The Bertz CT molecular complexity index is 811. The number of amides is 1. The van der Waals surface area contributed by atoms with Gasteiger partial charge in [-0.05, 0) is 24.6 Å². The highest BCUT2D eigenvalue weighted by molar-refractivity contribution is 8.16. The largest absolute Gasteiger partial charge is 0.314 e. The van der Waals surface area contributed by atoms with Crippen molar-refractivity contribution < 1.29 is 13.2 Å². The van der Waals surface area contributed by atoms with Crippen molar-refractivity contribution in [1.29, 1.82) is 0 Å². The van der Waals surface area contributed by atoms with Crippen LogP contribution < -0.4 is 4.90 Å². The summed E-state index contributed by atoms with van der Waals surface area (Å²) in [6, 6.07) is 4.71. The van der Waals surface area contributed by atoms with Crippen molar-refractivity contribution in [3.8, 4) is 0 Å². The van der Waals surface area contributed by atoms with Gasteiger partial charge in [0.25, 0.3) is 0 Å². The van der Waals surface area contributed by atoms with E-state index in [0.29, 0.717) is 33.7 Å². The summed E-state index contributed by atoms with van der Waals surface area (Å²) in [5.74, 6) is -0.113. The first kappa shape index (κ1) is 18.0. The van der Waals surface area contributed by atoms with Crippen LogP contribution in [0.25, 0.3) is 0 Å². The van der Waals surface area contributed by atoms with Crippen LogP contribution in [0.1, 0.15) is 19.8 Å². The van der Waals surface area contributed by atoms with Crippen LogP contribution >= 0.6 is 35.0 Å². The minimum absolute atomic E-state index is 0.0223. The van der Waals surface area contributed by atoms with Gasteiger partial charge in [0.1, 0.15) is 0 Å². The number of hydrogen-bond donors (Lipinski definition) is 0. The Labute approximate surface area is 155 Å². The van der Waals surface area contributed by atoms with Gasteiger partial charge in [0.2, 0.25) is 5.91 Å². The van der Waals surface area contributed by atoms with Crippen LogP contribution in [0.5, 0.6) is 0 Å². The van der Waals surface area contributed by atoms with Crippen molar-refractivity contribution in [1.82, 2.24) is 0 Å².